The molecule has 4 heteroatoms. The Morgan fingerprint density at radius 2 is 1.76 bits per heavy atom. The van der Waals surface area contributed by atoms with Crippen LogP contribution >= 0.6 is 0 Å². The maximum Gasteiger partial charge on any atom is 0.160 e. The Labute approximate surface area is 128 Å². The van der Waals surface area contributed by atoms with Gasteiger partial charge in [-0.3, -0.25) is 0 Å². The van der Waals surface area contributed by atoms with Gasteiger partial charge in [0.15, 0.2) is 5.82 Å². The van der Waals surface area contributed by atoms with Gasteiger partial charge in [0, 0.05) is 24.5 Å². The second-order valence-corrected chi connectivity index (χ2v) is 6.22. The number of hydrogen-bond acceptors (Lipinski definition) is 4. The molecule has 0 saturated heterocycles. The molecule has 0 bridgehead atoms. The van der Waals surface area contributed by atoms with Gasteiger partial charge in [0.25, 0.3) is 0 Å². The minimum absolute atomic E-state index is 0.241. The highest BCUT2D eigenvalue weighted by Crippen LogP contribution is 2.41. The van der Waals surface area contributed by atoms with Gasteiger partial charge in [-0.1, -0.05) is 6.92 Å². The predicted molar refractivity (Wildman–Crippen MR) is 85.6 cm³/mol. The van der Waals surface area contributed by atoms with Gasteiger partial charge in [-0.2, -0.15) is 0 Å². The van der Waals surface area contributed by atoms with E-state index in [1.54, 1.807) is 0 Å². The molecule has 0 aromatic carbocycles. The van der Waals surface area contributed by atoms with E-state index in [-0.39, 0.29) is 5.60 Å². The highest BCUT2D eigenvalue weighted by molar-refractivity contribution is 5.29. The summed E-state index contributed by atoms with van der Waals surface area (Å²) in [7, 11) is 1.99. The molecular weight excluding hydrogens is 262 g/mol. The van der Waals surface area contributed by atoms with Crippen LogP contribution in [0.1, 0.15) is 68.2 Å². The highest BCUT2D eigenvalue weighted by atomic mass is 16.5. The Morgan fingerprint density at radius 3 is 2.24 bits per heavy atom. The van der Waals surface area contributed by atoms with Crippen molar-refractivity contribution in [3.63, 3.8) is 0 Å². The second-order valence-electron chi connectivity index (χ2n) is 6.22. The van der Waals surface area contributed by atoms with Gasteiger partial charge >= 0.3 is 0 Å². The maximum absolute atomic E-state index is 6.10. The quantitative estimate of drug-likeness (QED) is 0.874. The minimum atomic E-state index is -0.241. The lowest BCUT2D eigenvalue weighted by atomic mass is 9.95. The first kappa shape index (κ1) is 16.4. The first-order chi connectivity index (χ1) is 10.0. The van der Waals surface area contributed by atoms with Crippen LogP contribution in [-0.2, 0) is 10.3 Å². The summed E-state index contributed by atoms with van der Waals surface area (Å²) < 4.78 is 6.10. The largest absolute Gasteiger partial charge is 0.367 e. The lowest BCUT2D eigenvalue weighted by Gasteiger charge is -2.29. The van der Waals surface area contributed by atoms with Crippen molar-refractivity contribution in [2.75, 3.05) is 20.2 Å². The van der Waals surface area contributed by atoms with Gasteiger partial charge in [-0.15, -0.1) is 0 Å². The summed E-state index contributed by atoms with van der Waals surface area (Å²) in [5.41, 5.74) is 3.24. The predicted octanol–water partition coefficient (Wildman–Crippen LogP) is 3.22. The SMILES string of the molecule is CCOC1(c2nc(C)c(C(C)CNC)c(C)n2)CCCC1. The number of rotatable bonds is 6. The van der Waals surface area contributed by atoms with Crippen molar-refractivity contribution >= 4 is 0 Å². The molecule has 1 atom stereocenters. The zero-order valence-corrected chi connectivity index (χ0v) is 14.1. The number of nitrogens with one attached hydrogen (secondary N) is 1. The van der Waals surface area contributed by atoms with E-state index in [4.69, 9.17) is 14.7 Å². The van der Waals surface area contributed by atoms with Crippen molar-refractivity contribution in [1.29, 1.82) is 0 Å². The molecule has 1 N–H and O–H groups in total. The summed E-state index contributed by atoms with van der Waals surface area (Å²) >= 11 is 0. The third-order valence-electron chi connectivity index (χ3n) is 4.57. The number of likely N-dealkylation sites (N-methyl/N-ethyl adjacent to an activating group) is 1. The van der Waals surface area contributed by atoms with E-state index in [9.17, 15) is 0 Å². The smallest absolute Gasteiger partial charge is 0.160 e. The van der Waals surface area contributed by atoms with Crippen molar-refractivity contribution in [3.05, 3.63) is 22.8 Å². The summed E-state index contributed by atoms with van der Waals surface area (Å²) in [4.78, 5) is 9.69. The van der Waals surface area contributed by atoms with Crippen LogP contribution < -0.4 is 5.32 Å². The molecule has 1 fully saturated rings. The normalized spacial score (nSPS) is 18.9. The van der Waals surface area contributed by atoms with Crippen molar-refractivity contribution in [1.82, 2.24) is 15.3 Å². The summed E-state index contributed by atoms with van der Waals surface area (Å²) in [5.74, 6) is 1.33. The zero-order chi connectivity index (χ0) is 15.5. The summed E-state index contributed by atoms with van der Waals surface area (Å²) in [6, 6.07) is 0. The number of aromatic nitrogens is 2. The lowest BCUT2D eigenvalue weighted by molar-refractivity contribution is -0.0459. The van der Waals surface area contributed by atoms with Crippen LogP contribution in [0.4, 0.5) is 0 Å². The topological polar surface area (TPSA) is 47.0 Å². The molecule has 2 rings (SSSR count). The summed E-state index contributed by atoms with van der Waals surface area (Å²) in [6.07, 6.45) is 4.51. The van der Waals surface area contributed by atoms with Crippen LogP contribution in [0.2, 0.25) is 0 Å². The molecule has 0 amide bonds. The highest BCUT2D eigenvalue weighted by Gasteiger charge is 2.39. The lowest BCUT2D eigenvalue weighted by Crippen LogP contribution is -2.30. The molecule has 1 saturated carbocycles. The fourth-order valence-electron chi connectivity index (χ4n) is 3.71. The summed E-state index contributed by atoms with van der Waals surface area (Å²) in [5, 5.41) is 3.24. The molecule has 1 aromatic rings. The number of aryl methyl sites for hydroxylation is 2. The van der Waals surface area contributed by atoms with Crippen LogP contribution in [0.3, 0.4) is 0 Å². The fraction of sp³-hybridized carbons (Fsp3) is 0.765. The second kappa shape index (κ2) is 6.84. The monoisotopic (exact) mass is 291 g/mol. The van der Waals surface area contributed by atoms with Crippen LogP contribution in [0.25, 0.3) is 0 Å². The van der Waals surface area contributed by atoms with Crippen molar-refractivity contribution < 1.29 is 4.74 Å². The molecule has 1 aromatic heterocycles. The number of ether oxygens (including phenoxy) is 1. The molecule has 1 heterocycles. The molecular formula is C17H29N3O. The number of hydrogen-bond donors (Lipinski definition) is 1. The summed E-state index contributed by atoms with van der Waals surface area (Å²) in [6.45, 7) is 10.2. The number of nitrogens with zero attached hydrogens (tertiary/aromatic N) is 2. The van der Waals surface area contributed by atoms with E-state index in [2.05, 4.69) is 33.0 Å². The minimum Gasteiger partial charge on any atom is -0.367 e. The molecule has 21 heavy (non-hydrogen) atoms. The van der Waals surface area contributed by atoms with Gasteiger partial charge in [-0.25, -0.2) is 9.97 Å². The van der Waals surface area contributed by atoms with E-state index < -0.39 is 0 Å². The Morgan fingerprint density at radius 1 is 1.19 bits per heavy atom. The van der Waals surface area contributed by atoms with Gasteiger partial charge in [0.2, 0.25) is 0 Å². The van der Waals surface area contributed by atoms with Gasteiger partial charge in [0.1, 0.15) is 5.60 Å². The molecule has 0 spiro atoms. The molecule has 118 valence electrons. The van der Waals surface area contributed by atoms with Crippen LogP contribution in [0.15, 0.2) is 0 Å². The Kier molecular flexibility index (Phi) is 5.33. The first-order valence-electron chi connectivity index (χ1n) is 8.18. The van der Waals surface area contributed by atoms with E-state index in [1.807, 2.05) is 7.05 Å². The van der Waals surface area contributed by atoms with E-state index in [0.717, 1.165) is 43.2 Å². The average molecular weight is 291 g/mol. The fourth-order valence-corrected chi connectivity index (χ4v) is 3.71. The Bertz CT molecular complexity index is 458. The van der Waals surface area contributed by atoms with Crippen molar-refractivity contribution in [3.8, 4) is 0 Å². The van der Waals surface area contributed by atoms with E-state index >= 15 is 0 Å². The zero-order valence-electron chi connectivity index (χ0n) is 14.1. The molecule has 0 radical (unpaired) electrons. The third kappa shape index (κ3) is 3.27. The Balaban J connectivity index is 2.38. The standard InChI is InChI=1S/C17H29N3O/c1-6-21-17(9-7-8-10-17)16-19-13(3)15(14(4)20-16)12(2)11-18-5/h12,18H,6-11H2,1-5H3. The van der Waals surface area contributed by atoms with Gasteiger partial charge < -0.3 is 10.1 Å². The third-order valence-corrected chi connectivity index (χ3v) is 4.57. The molecule has 0 aliphatic heterocycles. The van der Waals surface area contributed by atoms with Crippen LogP contribution in [-0.4, -0.2) is 30.2 Å². The molecule has 1 aliphatic rings. The Hall–Kier alpha value is -1.00. The van der Waals surface area contributed by atoms with Crippen LogP contribution in [0, 0.1) is 13.8 Å². The van der Waals surface area contributed by atoms with Gasteiger partial charge in [-0.05, 0) is 65.0 Å². The molecule has 4 nitrogen and oxygen atoms in total. The molecule has 1 aliphatic carbocycles. The molecule has 1 unspecified atom stereocenters. The average Bonchev–Trinajstić information content (AvgIpc) is 2.88. The van der Waals surface area contributed by atoms with E-state index in [1.165, 1.54) is 18.4 Å². The first-order valence-corrected chi connectivity index (χ1v) is 8.18. The maximum atomic E-state index is 6.10. The van der Waals surface area contributed by atoms with Crippen molar-refractivity contribution in [2.24, 2.45) is 0 Å². The van der Waals surface area contributed by atoms with Crippen molar-refractivity contribution in [2.45, 2.75) is 64.9 Å². The van der Waals surface area contributed by atoms with E-state index in [0.29, 0.717) is 5.92 Å². The van der Waals surface area contributed by atoms with Crippen LogP contribution in [0.5, 0.6) is 0 Å². The van der Waals surface area contributed by atoms with Gasteiger partial charge in [0.05, 0.1) is 0 Å².